The van der Waals surface area contributed by atoms with Crippen molar-refractivity contribution in [1.82, 2.24) is 16.0 Å². The number of hydrogen-bond donors (Lipinski definition) is 3. The number of likely N-dealkylation sites (N-methyl/N-ethyl adjacent to an activating group) is 1. The van der Waals surface area contributed by atoms with E-state index in [4.69, 9.17) is 0 Å². The van der Waals surface area contributed by atoms with Crippen molar-refractivity contribution >= 4 is 17.6 Å². The van der Waals surface area contributed by atoms with Gasteiger partial charge in [-0.25, -0.2) is 0 Å². The number of carbonyl (C=O) groups is 3. The van der Waals surface area contributed by atoms with E-state index in [1.165, 1.54) is 6.92 Å². The molecule has 1 atom stereocenters. The first-order valence-electron chi connectivity index (χ1n) is 7.22. The van der Waals surface area contributed by atoms with Gasteiger partial charge in [-0.05, 0) is 39.7 Å². The second-order valence-electron chi connectivity index (χ2n) is 4.86. The summed E-state index contributed by atoms with van der Waals surface area (Å²) in [6, 6.07) is -0.401. The number of nitrogens with one attached hydrogen (secondary N) is 3. The maximum atomic E-state index is 11.5. The van der Waals surface area contributed by atoms with Gasteiger partial charge in [0.25, 0.3) is 0 Å². The van der Waals surface area contributed by atoms with E-state index in [9.17, 15) is 14.4 Å². The summed E-state index contributed by atoms with van der Waals surface area (Å²) in [5.74, 6) is -0.129. The second-order valence-corrected chi connectivity index (χ2v) is 4.86. The van der Waals surface area contributed by atoms with E-state index in [0.29, 0.717) is 25.9 Å². The highest BCUT2D eigenvalue weighted by Crippen LogP contribution is 2.03. The van der Waals surface area contributed by atoms with Crippen LogP contribution in [0.5, 0.6) is 0 Å². The zero-order valence-corrected chi connectivity index (χ0v) is 12.8. The normalized spacial score (nSPS) is 11.8. The van der Waals surface area contributed by atoms with Crippen LogP contribution in [0, 0.1) is 0 Å². The number of amides is 2. The summed E-state index contributed by atoms with van der Waals surface area (Å²) in [5, 5.41) is 8.30. The summed E-state index contributed by atoms with van der Waals surface area (Å²) in [6.45, 7) is 4.32. The van der Waals surface area contributed by atoms with Crippen molar-refractivity contribution in [3.63, 3.8) is 0 Å². The molecule has 0 radical (unpaired) electrons. The molecule has 6 nitrogen and oxygen atoms in total. The van der Waals surface area contributed by atoms with Crippen molar-refractivity contribution in [2.24, 2.45) is 0 Å². The molecule has 0 bridgehead atoms. The number of ketones is 1. The first-order valence-corrected chi connectivity index (χ1v) is 7.22. The first kappa shape index (κ1) is 18.6. The third-order valence-corrected chi connectivity index (χ3v) is 2.88. The lowest BCUT2D eigenvalue weighted by Gasteiger charge is -2.15. The lowest BCUT2D eigenvalue weighted by Crippen LogP contribution is -2.39. The van der Waals surface area contributed by atoms with E-state index in [2.05, 4.69) is 16.0 Å². The standard InChI is InChI=1S/C14H27N3O3/c1-4-7-13(19)17-12(11(2)18)8-5-6-9-16-14(20)10-15-3/h12,15H,4-10H2,1-3H3,(H,16,20)(H,17,19). The molecule has 0 aliphatic carbocycles. The third-order valence-electron chi connectivity index (χ3n) is 2.88. The third kappa shape index (κ3) is 9.49. The van der Waals surface area contributed by atoms with Crippen molar-refractivity contribution in [3.05, 3.63) is 0 Å². The van der Waals surface area contributed by atoms with Gasteiger partial charge in [0, 0.05) is 13.0 Å². The van der Waals surface area contributed by atoms with E-state index in [1.54, 1.807) is 7.05 Å². The van der Waals surface area contributed by atoms with Crippen molar-refractivity contribution in [2.75, 3.05) is 20.1 Å². The number of unbranched alkanes of at least 4 members (excludes halogenated alkanes) is 1. The van der Waals surface area contributed by atoms with Gasteiger partial charge in [0.05, 0.1) is 12.6 Å². The SMILES string of the molecule is CCCC(=O)NC(CCCCNC(=O)CNC)C(C)=O. The topological polar surface area (TPSA) is 87.3 Å². The molecule has 0 aromatic heterocycles. The Morgan fingerprint density at radius 3 is 2.35 bits per heavy atom. The number of hydrogen-bond acceptors (Lipinski definition) is 4. The van der Waals surface area contributed by atoms with Crippen LogP contribution in [0.4, 0.5) is 0 Å². The van der Waals surface area contributed by atoms with Crippen molar-refractivity contribution < 1.29 is 14.4 Å². The number of rotatable bonds is 11. The Kier molecular flexibility index (Phi) is 10.6. The molecule has 0 heterocycles. The molecule has 0 saturated heterocycles. The largest absolute Gasteiger partial charge is 0.355 e. The van der Waals surface area contributed by atoms with E-state index >= 15 is 0 Å². The van der Waals surface area contributed by atoms with Gasteiger partial charge < -0.3 is 16.0 Å². The van der Waals surface area contributed by atoms with Crippen molar-refractivity contribution in [2.45, 2.75) is 52.0 Å². The molecule has 6 heteroatoms. The van der Waals surface area contributed by atoms with Crippen LogP contribution in [0.3, 0.4) is 0 Å². The molecule has 0 spiro atoms. The Morgan fingerprint density at radius 1 is 1.10 bits per heavy atom. The summed E-state index contributed by atoms with van der Waals surface area (Å²) >= 11 is 0. The maximum absolute atomic E-state index is 11.5. The van der Waals surface area contributed by atoms with Crippen LogP contribution >= 0.6 is 0 Å². The minimum absolute atomic E-state index is 0.0197. The lowest BCUT2D eigenvalue weighted by atomic mass is 10.1. The van der Waals surface area contributed by atoms with Gasteiger partial charge >= 0.3 is 0 Å². The number of carbonyl (C=O) groups excluding carboxylic acids is 3. The molecular weight excluding hydrogens is 258 g/mol. The summed E-state index contributed by atoms with van der Waals surface area (Å²) in [6.07, 6.45) is 3.42. The van der Waals surface area contributed by atoms with Crippen LogP contribution in [0.2, 0.25) is 0 Å². The van der Waals surface area contributed by atoms with E-state index < -0.39 is 6.04 Å². The highest BCUT2D eigenvalue weighted by molar-refractivity contribution is 5.87. The molecular formula is C14H27N3O3. The molecule has 0 aromatic rings. The molecule has 116 valence electrons. The minimum atomic E-state index is -0.401. The van der Waals surface area contributed by atoms with Crippen molar-refractivity contribution in [1.29, 1.82) is 0 Å². The predicted molar refractivity (Wildman–Crippen MR) is 78.3 cm³/mol. The number of Topliss-reactive ketones (excluding diaryl/α,β-unsaturated/α-hetero) is 1. The van der Waals surface area contributed by atoms with E-state index in [-0.39, 0.29) is 17.6 Å². The average molecular weight is 285 g/mol. The van der Waals surface area contributed by atoms with Gasteiger partial charge in [0.15, 0.2) is 5.78 Å². The van der Waals surface area contributed by atoms with Gasteiger partial charge in [0.2, 0.25) is 11.8 Å². The van der Waals surface area contributed by atoms with Crippen LogP contribution in [0.25, 0.3) is 0 Å². The monoisotopic (exact) mass is 285 g/mol. The molecule has 0 aliphatic heterocycles. The molecule has 20 heavy (non-hydrogen) atoms. The van der Waals surface area contributed by atoms with E-state index in [0.717, 1.165) is 19.3 Å². The molecule has 0 rings (SSSR count). The quantitative estimate of drug-likeness (QED) is 0.479. The van der Waals surface area contributed by atoms with Gasteiger partial charge in [-0.2, -0.15) is 0 Å². The predicted octanol–water partition coefficient (Wildman–Crippen LogP) is 0.366. The minimum Gasteiger partial charge on any atom is -0.355 e. The van der Waals surface area contributed by atoms with Crippen molar-refractivity contribution in [3.8, 4) is 0 Å². The van der Waals surface area contributed by atoms with Crippen LogP contribution in [0.1, 0.15) is 46.0 Å². The maximum Gasteiger partial charge on any atom is 0.233 e. The molecule has 0 fully saturated rings. The van der Waals surface area contributed by atoms with Crippen LogP contribution < -0.4 is 16.0 Å². The van der Waals surface area contributed by atoms with Gasteiger partial charge in [0.1, 0.15) is 0 Å². The molecule has 2 amide bonds. The van der Waals surface area contributed by atoms with Crippen LogP contribution in [0.15, 0.2) is 0 Å². The van der Waals surface area contributed by atoms with Crippen LogP contribution in [-0.2, 0) is 14.4 Å². The summed E-state index contributed by atoms with van der Waals surface area (Å²) in [4.78, 5) is 34.1. The molecule has 0 saturated carbocycles. The Labute approximate surface area is 121 Å². The zero-order valence-electron chi connectivity index (χ0n) is 12.8. The second kappa shape index (κ2) is 11.4. The fourth-order valence-electron chi connectivity index (χ4n) is 1.79. The summed E-state index contributed by atoms with van der Waals surface area (Å²) in [5.41, 5.74) is 0. The Bertz CT molecular complexity index is 319. The molecule has 1 unspecified atom stereocenters. The fourth-order valence-corrected chi connectivity index (χ4v) is 1.79. The summed E-state index contributed by atoms with van der Waals surface area (Å²) in [7, 11) is 1.72. The fraction of sp³-hybridized carbons (Fsp3) is 0.786. The average Bonchev–Trinajstić information content (AvgIpc) is 2.37. The van der Waals surface area contributed by atoms with Gasteiger partial charge in [-0.1, -0.05) is 6.92 Å². The smallest absolute Gasteiger partial charge is 0.233 e. The lowest BCUT2D eigenvalue weighted by molar-refractivity contribution is -0.127. The van der Waals surface area contributed by atoms with Gasteiger partial charge in [-0.3, -0.25) is 14.4 Å². The Balaban J connectivity index is 3.84. The molecule has 3 N–H and O–H groups in total. The Morgan fingerprint density at radius 2 is 1.80 bits per heavy atom. The Hall–Kier alpha value is -1.43. The highest BCUT2D eigenvalue weighted by atomic mass is 16.2. The first-order chi connectivity index (χ1) is 9.51. The van der Waals surface area contributed by atoms with Crippen LogP contribution in [-0.4, -0.2) is 43.8 Å². The van der Waals surface area contributed by atoms with Gasteiger partial charge in [-0.15, -0.1) is 0 Å². The molecule has 0 aromatic carbocycles. The van der Waals surface area contributed by atoms with E-state index in [1.807, 2.05) is 6.92 Å². The molecule has 0 aliphatic rings. The summed E-state index contributed by atoms with van der Waals surface area (Å²) < 4.78 is 0. The zero-order chi connectivity index (χ0) is 15.4. The highest BCUT2D eigenvalue weighted by Gasteiger charge is 2.15.